The van der Waals surface area contributed by atoms with Crippen molar-refractivity contribution in [2.24, 2.45) is 0 Å². The van der Waals surface area contributed by atoms with Crippen molar-refractivity contribution in [2.45, 2.75) is 45.0 Å². The Bertz CT molecular complexity index is 571. The second-order valence-corrected chi connectivity index (χ2v) is 14.0. The van der Waals surface area contributed by atoms with E-state index < -0.39 is 24.3 Å². The van der Waals surface area contributed by atoms with Crippen LogP contribution in [0, 0.1) is 0 Å². The van der Waals surface area contributed by atoms with Gasteiger partial charge in [0.05, 0.1) is 20.9 Å². The van der Waals surface area contributed by atoms with Gasteiger partial charge in [0.2, 0.25) is 0 Å². The predicted molar refractivity (Wildman–Crippen MR) is 89.0 cm³/mol. The average Bonchev–Trinajstić information content (AvgIpc) is 2.34. The summed E-state index contributed by atoms with van der Waals surface area (Å²) in [4.78, 5) is 0. The standard InChI is InChI=1S/C15H26O4SSi/c1-15(2,3)21(5,6)13-9-7-12(8-10-13)14(16)11-19-20(4,17)18/h7-10,14,16H,11H2,1-6H3/t14-/m0/s1. The topological polar surface area (TPSA) is 63.6 Å². The molecule has 0 aromatic heterocycles. The summed E-state index contributed by atoms with van der Waals surface area (Å²) < 4.78 is 26.5. The van der Waals surface area contributed by atoms with Gasteiger partial charge in [0.25, 0.3) is 10.1 Å². The summed E-state index contributed by atoms with van der Waals surface area (Å²) >= 11 is 0. The van der Waals surface area contributed by atoms with E-state index in [0.29, 0.717) is 5.56 Å². The zero-order valence-corrected chi connectivity index (χ0v) is 15.5. The molecule has 0 bridgehead atoms. The number of hydrogen-bond donors (Lipinski definition) is 1. The van der Waals surface area contributed by atoms with Crippen LogP contribution < -0.4 is 5.19 Å². The smallest absolute Gasteiger partial charge is 0.264 e. The first-order chi connectivity index (χ1) is 9.34. The minimum absolute atomic E-state index is 0.243. The van der Waals surface area contributed by atoms with Crippen molar-refractivity contribution in [1.82, 2.24) is 0 Å². The molecule has 0 saturated heterocycles. The third-order valence-corrected chi connectivity index (χ3v) is 10.4. The van der Waals surface area contributed by atoms with E-state index in [2.05, 4.69) is 38.0 Å². The van der Waals surface area contributed by atoms with Gasteiger partial charge in [-0.3, -0.25) is 4.18 Å². The Labute approximate surface area is 129 Å². The summed E-state index contributed by atoms with van der Waals surface area (Å²) in [6, 6.07) is 7.78. The van der Waals surface area contributed by atoms with Gasteiger partial charge >= 0.3 is 0 Å². The molecule has 21 heavy (non-hydrogen) atoms. The van der Waals surface area contributed by atoms with Gasteiger partial charge < -0.3 is 5.11 Å². The van der Waals surface area contributed by atoms with Crippen molar-refractivity contribution in [3.8, 4) is 0 Å². The molecule has 1 N–H and O–H groups in total. The summed E-state index contributed by atoms with van der Waals surface area (Å²) in [6.45, 7) is 11.2. The van der Waals surface area contributed by atoms with Gasteiger partial charge in [0, 0.05) is 0 Å². The molecule has 1 aromatic carbocycles. The van der Waals surface area contributed by atoms with Crippen LogP contribution in [0.1, 0.15) is 32.4 Å². The number of aliphatic hydroxyl groups excluding tert-OH is 1. The van der Waals surface area contributed by atoms with Crippen molar-refractivity contribution in [1.29, 1.82) is 0 Å². The maximum absolute atomic E-state index is 10.9. The highest BCUT2D eigenvalue weighted by atomic mass is 32.2. The molecule has 0 aliphatic carbocycles. The molecular formula is C15H26O4SSi. The SMILES string of the molecule is CC(C)(C)[Si](C)(C)c1ccc([C@@H](O)COS(C)(=O)=O)cc1. The van der Waals surface area contributed by atoms with Gasteiger partial charge in [0.15, 0.2) is 0 Å². The van der Waals surface area contributed by atoms with Crippen LogP contribution in [0.3, 0.4) is 0 Å². The lowest BCUT2D eigenvalue weighted by Gasteiger charge is -2.37. The third-order valence-electron chi connectivity index (χ3n) is 4.33. The van der Waals surface area contributed by atoms with Crippen molar-refractivity contribution >= 4 is 23.4 Å². The summed E-state index contributed by atoms with van der Waals surface area (Å²) in [5.41, 5.74) is 0.668. The highest BCUT2D eigenvalue weighted by molar-refractivity contribution is 7.85. The Morgan fingerprint density at radius 3 is 2.05 bits per heavy atom. The van der Waals surface area contributed by atoms with E-state index in [0.717, 1.165) is 6.26 Å². The minimum atomic E-state index is -3.53. The highest BCUT2D eigenvalue weighted by Crippen LogP contribution is 2.35. The molecule has 0 aliphatic heterocycles. The van der Waals surface area contributed by atoms with Crippen LogP contribution >= 0.6 is 0 Å². The number of hydrogen-bond acceptors (Lipinski definition) is 4. The second-order valence-electron chi connectivity index (χ2n) is 7.00. The van der Waals surface area contributed by atoms with Crippen molar-refractivity contribution in [3.05, 3.63) is 29.8 Å². The van der Waals surface area contributed by atoms with E-state index in [1.165, 1.54) is 5.19 Å². The fraction of sp³-hybridized carbons (Fsp3) is 0.600. The fourth-order valence-corrected chi connectivity index (χ4v) is 4.08. The second kappa shape index (κ2) is 6.20. The zero-order valence-electron chi connectivity index (χ0n) is 13.7. The lowest BCUT2D eigenvalue weighted by atomic mass is 10.1. The normalized spacial score (nSPS) is 15.0. The van der Waals surface area contributed by atoms with E-state index in [4.69, 9.17) is 0 Å². The van der Waals surface area contributed by atoms with Gasteiger partial charge in [-0.15, -0.1) is 0 Å². The van der Waals surface area contributed by atoms with E-state index >= 15 is 0 Å². The highest BCUT2D eigenvalue weighted by Gasteiger charge is 2.36. The number of aliphatic hydroxyl groups is 1. The van der Waals surface area contributed by atoms with Gasteiger partial charge in [-0.25, -0.2) is 0 Å². The van der Waals surface area contributed by atoms with Crippen LogP contribution in [-0.2, 0) is 14.3 Å². The van der Waals surface area contributed by atoms with Crippen LogP contribution in [0.25, 0.3) is 0 Å². The van der Waals surface area contributed by atoms with Gasteiger partial charge in [-0.05, 0) is 10.6 Å². The molecule has 0 saturated carbocycles. The van der Waals surface area contributed by atoms with Crippen LogP contribution in [0.15, 0.2) is 24.3 Å². The molecule has 120 valence electrons. The maximum Gasteiger partial charge on any atom is 0.264 e. The van der Waals surface area contributed by atoms with Crippen LogP contribution in [0.4, 0.5) is 0 Å². The van der Waals surface area contributed by atoms with Gasteiger partial charge in [0.1, 0.15) is 6.10 Å². The number of benzene rings is 1. The van der Waals surface area contributed by atoms with Crippen molar-refractivity contribution in [2.75, 3.05) is 12.9 Å². The van der Waals surface area contributed by atoms with E-state index in [1.54, 1.807) is 0 Å². The Hall–Kier alpha value is -0.693. The first kappa shape index (κ1) is 18.4. The summed E-state index contributed by atoms with van der Waals surface area (Å²) in [5, 5.41) is 11.5. The molecular weight excluding hydrogens is 304 g/mol. The Kier molecular flexibility index (Phi) is 5.42. The monoisotopic (exact) mass is 330 g/mol. The molecule has 1 aromatic rings. The Balaban J connectivity index is 2.88. The summed E-state index contributed by atoms with van der Waals surface area (Å²) in [7, 11) is -5.13. The minimum Gasteiger partial charge on any atom is -0.386 e. The van der Waals surface area contributed by atoms with Crippen molar-refractivity contribution < 1.29 is 17.7 Å². The molecule has 0 fully saturated rings. The predicted octanol–water partition coefficient (Wildman–Crippen LogP) is 2.41. The third kappa shape index (κ3) is 4.91. The summed E-state index contributed by atoms with van der Waals surface area (Å²) in [5.74, 6) is 0. The molecule has 0 amide bonds. The van der Waals surface area contributed by atoms with Crippen LogP contribution in [-0.4, -0.2) is 34.5 Å². The molecule has 0 aliphatic rings. The first-order valence-corrected chi connectivity index (χ1v) is 11.8. The fourth-order valence-electron chi connectivity index (χ4n) is 1.84. The zero-order chi connectivity index (χ0) is 16.5. The molecule has 4 nitrogen and oxygen atoms in total. The Morgan fingerprint density at radius 1 is 1.19 bits per heavy atom. The largest absolute Gasteiger partial charge is 0.386 e. The lowest BCUT2D eigenvalue weighted by molar-refractivity contribution is 0.112. The van der Waals surface area contributed by atoms with Crippen molar-refractivity contribution in [3.63, 3.8) is 0 Å². The van der Waals surface area contributed by atoms with E-state index in [9.17, 15) is 13.5 Å². The lowest BCUT2D eigenvalue weighted by Crippen LogP contribution is -2.49. The van der Waals surface area contributed by atoms with Gasteiger partial charge in [-0.1, -0.05) is 63.3 Å². The molecule has 0 unspecified atom stereocenters. The molecule has 1 rings (SSSR count). The molecule has 0 radical (unpaired) electrons. The van der Waals surface area contributed by atoms with Gasteiger partial charge in [-0.2, -0.15) is 8.42 Å². The number of rotatable bonds is 5. The van der Waals surface area contributed by atoms with E-state index in [1.807, 2.05) is 24.3 Å². The average molecular weight is 331 g/mol. The Morgan fingerprint density at radius 2 is 1.67 bits per heavy atom. The molecule has 6 heteroatoms. The molecule has 0 spiro atoms. The molecule has 0 heterocycles. The van der Waals surface area contributed by atoms with Crippen LogP contribution in [0.5, 0.6) is 0 Å². The van der Waals surface area contributed by atoms with E-state index in [-0.39, 0.29) is 11.6 Å². The molecule has 1 atom stereocenters. The summed E-state index contributed by atoms with van der Waals surface area (Å²) in [6.07, 6.45) is 0.0356. The maximum atomic E-state index is 10.9. The first-order valence-electron chi connectivity index (χ1n) is 6.97. The quantitative estimate of drug-likeness (QED) is 0.665. The van der Waals surface area contributed by atoms with Crippen LogP contribution in [0.2, 0.25) is 18.1 Å².